The molecule has 1 saturated carbocycles. The van der Waals surface area contributed by atoms with Gasteiger partial charge in [-0.05, 0) is 49.6 Å². The third-order valence-electron chi connectivity index (χ3n) is 4.45. The van der Waals surface area contributed by atoms with Crippen LogP contribution in [0.15, 0.2) is 49.1 Å². The second-order valence-electron chi connectivity index (χ2n) is 6.56. The molecule has 3 heterocycles. The number of rotatable bonds is 4. The molecule has 0 bridgehead atoms. The maximum atomic E-state index is 11.9. The number of pyridine rings is 3. The van der Waals surface area contributed by atoms with E-state index in [4.69, 9.17) is 5.73 Å². The molecule has 6 nitrogen and oxygen atoms in total. The molecule has 4 rings (SSSR count). The molecule has 6 heteroatoms. The fourth-order valence-electron chi connectivity index (χ4n) is 2.84. The van der Waals surface area contributed by atoms with Crippen molar-refractivity contribution in [3.8, 4) is 22.3 Å². The Labute approximate surface area is 151 Å². The molecule has 26 heavy (non-hydrogen) atoms. The second-order valence-corrected chi connectivity index (χ2v) is 6.56. The molecule has 0 atom stereocenters. The van der Waals surface area contributed by atoms with E-state index in [0.717, 1.165) is 40.8 Å². The van der Waals surface area contributed by atoms with Gasteiger partial charge >= 0.3 is 0 Å². The van der Waals surface area contributed by atoms with E-state index in [1.165, 1.54) is 0 Å². The number of aryl methyl sites for hydroxylation is 1. The first-order valence-corrected chi connectivity index (χ1v) is 8.55. The van der Waals surface area contributed by atoms with E-state index < -0.39 is 0 Å². The maximum Gasteiger partial charge on any atom is 0.228 e. The van der Waals surface area contributed by atoms with Crippen LogP contribution in [0.4, 0.5) is 11.5 Å². The highest BCUT2D eigenvalue weighted by atomic mass is 16.2. The summed E-state index contributed by atoms with van der Waals surface area (Å²) < 4.78 is 0. The van der Waals surface area contributed by atoms with Gasteiger partial charge in [0.05, 0.1) is 11.9 Å². The topological polar surface area (TPSA) is 93.8 Å². The molecular formula is C20H19N5O. The van der Waals surface area contributed by atoms with Crippen LogP contribution in [0, 0.1) is 12.8 Å². The first-order chi connectivity index (χ1) is 12.6. The van der Waals surface area contributed by atoms with Gasteiger partial charge in [0.2, 0.25) is 5.91 Å². The summed E-state index contributed by atoms with van der Waals surface area (Å²) in [6.07, 6.45) is 8.85. The zero-order valence-electron chi connectivity index (χ0n) is 14.4. The van der Waals surface area contributed by atoms with Crippen molar-refractivity contribution in [1.82, 2.24) is 15.0 Å². The van der Waals surface area contributed by atoms with Gasteiger partial charge in [-0.25, -0.2) is 4.98 Å². The minimum Gasteiger partial charge on any atom is -0.397 e. The average molecular weight is 345 g/mol. The van der Waals surface area contributed by atoms with Crippen molar-refractivity contribution >= 4 is 17.4 Å². The van der Waals surface area contributed by atoms with E-state index in [9.17, 15) is 4.79 Å². The zero-order chi connectivity index (χ0) is 18.1. The largest absolute Gasteiger partial charge is 0.397 e. The molecule has 1 aliphatic rings. The van der Waals surface area contributed by atoms with Gasteiger partial charge in [0.25, 0.3) is 0 Å². The quantitative estimate of drug-likeness (QED) is 0.755. The van der Waals surface area contributed by atoms with Crippen LogP contribution in [-0.2, 0) is 4.79 Å². The summed E-state index contributed by atoms with van der Waals surface area (Å²) in [6, 6.07) is 7.71. The predicted molar refractivity (Wildman–Crippen MR) is 101 cm³/mol. The number of carbonyl (C=O) groups excluding carboxylic acids is 1. The molecule has 0 unspecified atom stereocenters. The number of nitrogens with zero attached hydrogens (tertiary/aromatic N) is 3. The molecule has 0 spiro atoms. The van der Waals surface area contributed by atoms with E-state index in [-0.39, 0.29) is 11.8 Å². The van der Waals surface area contributed by atoms with Gasteiger partial charge in [-0.3, -0.25) is 14.8 Å². The molecule has 3 aromatic rings. The Kier molecular flexibility index (Phi) is 4.08. The SMILES string of the molecule is Cc1ncc(N)cc1-c1cncc(-c2ccnc(NC(=O)C3CC3)c2)c1. The Morgan fingerprint density at radius 2 is 1.88 bits per heavy atom. The molecule has 0 saturated heterocycles. The Morgan fingerprint density at radius 1 is 1.08 bits per heavy atom. The molecule has 0 radical (unpaired) electrons. The minimum absolute atomic E-state index is 0.0444. The third-order valence-corrected chi connectivity index (χ3v) is 4.45. The smallest absolute Gasteiger partial charge is 0.228 e. The van der Waals surface area contributed by atoms with Gasteiger partial charge in [0.15, 0.2) is 0 Å². The summed E-state index contributed by atoms with van der Waals surface area (Å²) in [5, 5.41) is 2.88. The van der Waals surface area contributed by atoms with E-state index in [1.54, 1.807) is 24.8 Å². The van der Waals surface area contributed by atoms with Crippen molar-refractivity contribution in [3.63, 3.8) is 0 Å². The fourth-order valence-corrected chi connectivity index (χ4v) is 2.84. The number of nitrogen functional groups attached to an aromatic ring is 1. The summed E-state index contributed by atoms with van der Waals surface area (Å²) >= 11 is 0. The Balaban J connectivity index is 1.66. The van der Waals surface area contributed by atoms with Crippen molar-refractivity contribution < 1.29 is 4.79 Å². The van der Waals surface area contributed by atoms with Crippen molar-refractivity contribution in [3.05, 3.63) is 54.7 Å². The number of hydrogen-bond acceptors (Lipinski definition) is 5. The fraction of sp³-hybridized carbons (Fsp3) is 0.200. The monoisotopic (exact) mass is 345 g/mol. The second kappa shape index (κ2) is 6.55. The third kappa shape index (κ3) is 3.39. The number of carbonyl (C=O) groups is 1. The number of anilines is 2. The molecule has 130 valence electrons. The number of hydrogen-bond donors (Lipinski definition) is 2. The van der Waals surface area contributed by atoms with Crippen LogP contribution in [0.2, 0.25) is 0 Å². The number of amides is 1. The molecule has 3 aromatic heterocycles. The van der Waals surface area contributed by atoms with E-state index in [1.807, 2.05) is 31.2 Å². The van der Waals surface area contributed by atoms with Crippen molar-refractivity contribution in [1.29, 1.82) is 0 Å². The van der Waals surface area contributed by atoms with Crippen molar-refractivity contribution in [2.75, 3.05) is 11.1 Å². The lowest BCUT2D eigenvalue weighted by atomic mass is 10.0. The van der Waals surface area contributed by atoms with Crippen LogP contribution < -0.4 is 11.1 Å². The highest BCUT2D eigenvalue weighted by molar-refractivity contribution is 5.93. The first-order valence-electron chi connectivity index (χ1n) is 8.55. The van der Waals surface area contributed by atoms with Crippen molar-refractivity contribution in [2.45, 2.75) is 19.8 Å². The standard InChI is InChI=1S/C20H19N5O/c1-12-18(8-17(21)11-24-12)16-6-15(9-22-10-16)14-4-5-23-19(7-14)25-20(26)13-2-3-13/h4-11,13H,2-3,21H2,1H3,(H,23,25,26). The Bertz CT molecular complexity index is 981. The van der Waals surface area contributed by atoms with Gasteiger partial charge in [0.1, 0.15) is 5.82 Å². The van der Waals surface area contributed by atoms with Crippen molar-refractivity contribution in [2.24, 2.45) is 5.92 Å². The molecule has 0 aromatic carbocycles. The molecule has 3 N–H and O–H groups in total. The van der Waals surface area contributed by atoms with Gasteiger partial charge in [0, 0.05) is 46.9 Å². The summed E-state index contributed by atoms with van der Waals surface area (Å²) in [7, 11) is 0. The van der Waals surface area contributed by atoms with Crippen LogP contribution in [-0.4, -0.2) is 20.9 Å². The number of nitrogens with one attached hydrogen (secondary N) is 1. The molecular weight excluding hydrogens is 326 g/mol. The van der Waals surface area contributed by atoms with Crippen LogP contribution in [0.25, 0.3) is 22.3 Å². The first kappa shape index (κ1) is 16.2. The minimum atomic E-state index is 0.0444. The van der Waals surface area contributed by atoms with Crippen LogP contribution in [0.1, 0.15) is 18.5 Å². The summed E-state index contributed by atoms with van der Waals surface area (Å²) in [6.45, 7) is 1.94. The average Bonchev–Trinajstić information content (AvgIpc) is 3.49. The van der Waals surface area contributed by atoms with Gasteiger partial charge in [-0.15, -0.1) is 0 Å². The highest BCUT2D eigenvalue weighted by Crippen LogP contribution is 2.31. The summed E-state index contributed by atoms with van der Waals surface area (Å²) in [5.41, 5.74) is 11.2. The lowest BCUT2D eigenvalue weighted by Crippen LogP contribution is -2.14. The summed E-state index contributed by atoms with van der Waals surface area (Å²) in [4.78, 5) is 24.9. The van der Waals surface area contributed by atoms with Crippen LogP contribution in [0.5, 0.6) is 0 Å². The van der Waals surface area contributed by atoms with E-state index in [2.05, 4.69) is 20.3 Å². The number of nitrogens with two attached hydrogens (primary N) is 1. The van der Waals surface area contributed by atoms with E-state index in [0.29, 0.717) is 11.5 Å². The van der Waals surface area contributed by atoms with Crippen LogP contribution >= 0.6 is 0 Å². The van der Waals surface area contributed by atoms with Gasteiger partial charge in [-0.1, -0.05) is 0 Å². The maximum absolute atomic E-state index is 11.9. The Morgan fingerprint density at radius 3 is 2.69 bits per heavy atom. The van der Waals surface area contributed by atoms with Gasteiger partial charge in [-0.2, -0.15) is 0 Å². The van der Waals surface area contributed by atoms with Gasteiger partial charge < -0.3 is 11.1 Å². The highest BCUT2D eigenvalue weighted by Gasteiger charge is 2.29. The molecule has 1 fully saturated rings. The van der Waals surface area contributed by atoms with Crippen LogP contribution in [0.3, 0.4) is 0 Å². The predicted octanol–water partition coefficient (Wildman–Crippen LogP) is 3.44. The number of aromatic nitrogens is 3. The normalized spacial score (nSPS) is 13.4. The lowest BCUT2D eigenvalue weighted by Gasteiger charge is -2.09. The molecule has 1 aliphatic carbocycles. The summed E-state index contributed by atoms with van der Waals surface area (Å²) in [5.74, 6) is 0.749. The molecule has 1 amide bonds. The lowest BCUT2D eigenvalue weighted by molar-refractivity contribution is -0.117. The molecule has 0 aliphatic heterocycles. The van der Waals surface area contributed by atoms with E-state index >= 15 is 0 Å². The zero-order valence-corrected chi connectivity index (χ0v) is 14.4. The Hall–Kier alpha value is -3.28.